The van der Waals surface area contributed by atoms with Gasteiger partial charge in [0.15, 0.2) is 17.3 Å². The first-order chi connectivity index (χ1) is 16.5. The maximum absolute atomic E-state index is 13.3. The lowest BCUT2D eigenvalue weighted by Crippen LogP contribution is -2.23. The van der Waals surface area contributed by atoms with Crippen LogP contribution in [0.4, 0.5) is 0 Å². The molecule has 0 aliphatic rings. The molecule has 4 rings (SSSR count). The first-order valence-electron chi connectivity index (χ1n) is 10.6. The van der Waals surface area contributed by atoms with Crippen LogP contribution in [0.2, 0.25) is 0 Å². The van der Waals surface area contributed by atoms with E-state index >= 15 is 0 Å². The molecule has 8 nitrogen and oxygen atoms in total. The van der Waals surface area contributed by atoms with E-state index in [-0.39, 0.29) is 12.2 Å². The van der Waals surface area contributed by atoms with Crippen molar-refractivity contribution in [2.45, 2.75) is 13.5 Å². The highest BCUT2D eigenvalue weighted by Crippen LogP contribution is 2.37. The standard InChI is InChI=1S/C26H25N3O5/c1-17-9-5-8-12-21(17)34-16-24-28-20-11-7-6-10-19(20)26(30)29(24)27-15-18-13-22(31-2)25(33-4)23(14-18)32-3/h5-15H,16H2,1-4H3. The first kappa shape index (κ1) is 22.8. The molecular weight excluding hydrogens is 434 g/mol. The quantitative estimate of drug-likeness (QED) is 0.368. The third kappa shape index (κ3) is 4.56. The van der Waals surface area contributed by atoms with Gasteiger partial charge in [-0.05, 0) is 42.8 Å². The molecule has 0 saturated heterocycles. The van der Waals surface area contributed by atoms with Crippen LogP contribution in [0.15, 0.2) is 70.6 Å². The summed E-state index contributed by atoms with van der Waals surface area (Å²) in [5.41, 5.74) is 1.92. The van der Waals surface area contributed by atoms with Gasteiger partial charge in [-0.1, -0.05) is 30.3 Å². The molecule has 0 bridgehead atoms. The SMILES string of the molecule is COc1cc(C=Nn2c(COc3ccccc3C)nc3ccccc3c2=O)cc(OC)c1OC. The molecule has 0 spiro atoms. The molecule has 0 amide bonds. The number of ether oxygens (including phenoxy) is 4. The van der Waals surface area contributed by atoms with E-state index < -0.39 is 0 Å². The van der Waals surface area contributed by atoms with E-state index in [1.54, 1.807) is 36.5 Å². The number of rotatable bonds is 8. The van der Waals surface area contributed by atoms with Crippen molar-refractivity contribution in [1.82, 2.24) is 9.66 Å². The molecule has 174 valence electrons. The topological polar surface area (TPSA) is 84.2 Å². The summed E-state index contributed by atoms with van der Waals surface area (Å²) in [6.07, 6.45) is 1.54. The van der Waals surface area contributed by atoms with Crippen molar-refractivity contribution in [3.05, 3.63) is 88.0 Å². The molecule has 8 heteroatoms. The lowest BCUT2D eigenvalue weighted by Gasteiger charge is -2.13. The zero-order valence-electron chi connectivity index (χ0n) is 19.4. The van der Waals surface area contributed by atoms with Crippen LogP contribution < -0.4 is 24.5 Å². The summed E-state index contributed by atoms with van der Waals surface area (Å²) in [7, 11) is 4.61. The second kappa shape index (κ2) is 10.1. The fourth-order valence-corrected chi connectivity index (χ4v) is 3.54. The number of aryl methyl sites for hydroxylation is 1. The summed E-state index contributed by atoms with van der Waals surface area (Å²) >= 11 is 0. The van der Waals surface area contributed by atoms with Crippen LogP contribution in [0.3, 0.4) is 0 Å². The van der Waals surface area contributed by atoms with Crippen molar-refractivity contribution in [2.75, 3.05) is 21.3 Å². The summed E-state index contributed by atoms with van der Waals surface area (Å²) in [6.45, 7) is 2.02. The molecule has 34 heavy (non-hydrogen) atoms. The third-order valence-corrected chi connectivity index (χ3v) is 5.28. The Morgan fingerprint density at radius 3 is 2.26 bits per heavy atom. The highest BCUT2D eigenvalue weighted by Gasteiger charge is 2.14. The summed E-state index contributed by atoms with van der Waals surface area (Å²) in [6, 6.07) is 18.3. The van der Waals surface area contributed by atoms with Crippen LogP contribution in [0, 0.1) is 6.92 Å². The van der Waals surface area contributed by atoms with Crippen LogP contribution in [-0.4, -0.2) is 37.2 Å². The highest BCUT2D eigenvalue weighted by atomic mass is 16.5. The Balaban J connectivity index is 1.77. The fourth-order valence-electron chi connectivity index (χ4n) is 3.54. The zero-order valence-corrected chi connectivity index (χ0v) is 19.4. The molecule has 4 aromatic rings. The van der Waals surface area contributed by atoms with E-state index in [1.807, 2.05) is 37.3 Å². The molecule has 1 heterocycles. The van der Waals surface area contributed by atoms with E-state index in [0.717, 1.165) is 5.56 Å². The molecule has 0 aliphatic carbocycles. The smallest absolute Gasteiger partial charge is 0.282 e. The Morgan fingerprint density at radius 1 is 0.912 bits per heavy atom. The summed E-state index contributed by atoms with van der Waals surface area (Å²) < 4.78 is 23.4. The summed E-state index contributed by atoms with van der Waals surface area (Å²) in [5, 5.41) is 4.91. The van der Waals surface area contributed by atoms with Gasteiger partial charge in [-0.2, -0.15) is 9.78 Å². The minimum absolute atomic E-state index is 0.0670. The van der Waals surface area contributed by atoms with Gasteiger partial charge in [0.2, 0.25) is 5.75 Å². The average Bonchev–Trinajstić information content (AvgIpc) is 2.87. The number of hydrogen-bond donors (Lipinski definition) is 0. The molecule has 0 atom stereocenters. The van der Waals surface area contributed by atoms with Crippen LogP contribution in [0.1, 0.15) is 17.0 Å². The second-order valence-corrected chi connectivity index (χ2v) is 7.42. The normalized spacial score (nSPS) is 11.1. The maximum atomic E-state index is 13.3. The molecule has 1 aromatic heterocycles. The monoisotopic (exact) mass is 459 g/mol. The van der Waals surface area contributed by atoms with Crippen molar-refractivity contribution in [1.29, 1.82) is 0 Å². The van der Waals surface area contributed by atoms with Crippen LogP contribution in [-0.2, 0) is 6.61 Å². The van der Waals surface area contributed by atoms with Crippen molar-refractivity contribution in [2.24, 2.45) is 5.10 Å². The van der Waals surface area contributed by atoms with Gasteiger partial charge in [-0.3, -0.25) is 4.79 Å². The van der Waals surface area contributed by atoms with Gasteiger partial charge in [0.1, 0.15) is 12.4 Å². The van der Waals surface area contributed by atoms with Gasteiger partial charge in [0.05, 0.1) is 38.4 Å². The van der Waals surface area contributed by atoms with Crippen molar-refractivity contribution >= 4 is 17.1 Å². The van der Waals surface area contributed by atoms with Crippen LogP contribution in [0.5, 0.6) is 23.0 Å². The fraction of sp³-hybridized carbons (Fsp3) is 0.192. The Morgan fingerprint density at radius 2 is 1.59 bits per heavy atom. The number of methoxy groups -OCH3 is 3. The molecule has 0 fully saturated rings. The van der Waals surface area contributed by atoms with E-state index in [2.05, 4.69) is 10.1 Å². The average molecular weight is 460 g/mol. The van der Waals surface area contributed by atoms with Gasteiger partial charge in [0.25, 0.3) is 5.56 Å². The van der Waals surface area contributed by atoms with Gasteiger partial charge in [-0.25, -0.2) is 4.98 Å². The van der Waals surface area contributed by atoms with Crippen LogP contribution in [0.25, 0.3) is 10.9 Å². The third-order valence-electron chi connectivity index (χ3n) is 5.28. The minimum Gasteiger partial charge on any atom is -0.493 e. The Kier molecular flexibility index (Phi) is 6.77. The Hall–Kier alpha value is -4.33. The number of para-hydroxylation sites is 2. The number of fused-ring (bicyclic) bond motifs is 1. The molecule has 0 radical (unpaired) electrons. The zero-order chi connectivity index (χ0) is 24.1. The molecule has 3 aromatic carbocycles. The number of aromatic nitrogens is 2. The molecule has 0 saturated carbocycles. The van der Waals surface area contributed by atoms with E-state index in [4.69, 9.17) is 18.9 Å². The van der Waals surface area contributed by atoms with Crippen molar-refractivity contribution in [3.63, 3.8) is 0 Å². The number of nitrogens with zero attached hydrogens (tertiary/aromatic N) is 3. The maximum Gasteiger partial charge on any atom is 0.282 e. The molecule has 0 unspecified atom stereocenters. The highest BCUT2D eigenvalue weighted by molar-refractivity contribution is 5.83. The summed E-state index contributed by atoms with van der Waals surface area (Å²) in [4.78, 5) is 17.9. The van der Waals surface area contributed by atoms with E-state index in [0.29, 0.717) is 45.3 Å². The Bertz CT molecular complexity index is 1390. The molecular formula is C26H25N3O5. The van der Waals surface area contributed by atoms with Gasteiger partial charge in [0, 0.05) is 5.56 Å². The van der Waals surface area contributed by atoms with Gasteiger partial charge < -0.3 is 18.9 Å². The lowest BCUT2D eigenvalue weighted by molar-refractivity contribution is 0.287. The van der Waals surface area contributed by atoms with Crippen molar-refractivity contribution < 1.29 is 18.9 Å². The second-order valence-electron chi connectivity index (χ2n) is 7.42. The van der Waals surface area contributed by atoms with Gasteiger partial charge >= 0.3 is 0 Å². The van der Waals surface area contributed by atoms with E-state index in [1.165, 1.54) is 26.0 Å². The minimum atomic E-state index is -0.294. The lowest BCUT2D eigenvalue weighted by atomic mass is 10.2. The number of hydrogen-bond acceptors (Lipinski definition) is 7. The number of benzene rings is 3. The summed E-state index contributed by atoms with van der Waals surface area (Å²) in [5.74, 6) is 2.52. The molecule has 0 aliphatic heterocycles. The van der Waals surface area contributed by atoms with E-state index in [9.17, 15) is 4.79 Å². The largest absolute Gasteiger partial charge is 0.493 e. The predicted molar refractivity (Wildman–Crippen MR) is 131 cm³/mol. The molecule has 0 N–H and O–H groups in total. The Labute approximate surface area is 197 Å². The van der Waals surface area contributed by atoms with Crippen molar-refractivity contribution in [3.8, 4) is 23.0 Å². The van der Waals surface area contributed by atoms with Crippen LogP contribution >= 0.6 is 0 Å². The van der Waals surface area contributed by atoms with Gasteiger partial charge in [-0.15, -0.1) is 0 Å². The predicted octanol–water partition coefficient (Wildman–Crippen LogP) is 4.19. The first-order valence-corrected chi connectivity index (χ1v) is 10.6.